The Morgan fingerprint density at radius 2 is 1.63 bits per heavy atom. The van der Waals surface area contributed by atoms with Gasteiger partial charge in [0.25, 0.3) is 17.7 Å². The average Bonchev–Trinajstić information content (AvgIpc) is 3.07. The fourth-order valence-corrected chi connectivity index (χ4v) is 3.84. The summed E-state index contributed by atoms with van der Waals surface area (Å²) < 4.78 is 5.27. The van der Waals surface area contributed by atoms with Crippen molar-refractivity contribution < 1.29 is 23.9 Å². The van der Waals surface area contributed by atoms with E-state index in [1.165, 1.54) is 25.1 Å². The summed E-state index contributed by atoms with van der Waals surface area (Å²) in [5.41, 5.74) is 2.42. The van der Waals surface area contributed by atoms with Gasteiger partial charge in [0.1, 0.15) is 0 Å². The Balaban J connectivity index is 1.44. The molecule has 0 saturated carbocycles. The molecule has 0 saturated heterocycles. The lowest BCUT2D eigenvalue weighted by Crippen LogP contribution is -2.30. The molecule has 7 nitrogen and oxygen atoms in total. The quantitative estimate of drug-likeness (QED) is 0.359. The highest BCUT2D eigenvalue weighted by Crippen LogP contribution is 2.27. The van der Waals surface area contributed by atoms with Crippen molar-refractivity contribution in [3.05, 3.63) is 98.5 Å². The summed E-state index contributed by atoms with van der Waals surface area (Å²) in [5.74, 6) is -2.31. The second-order valence-electron chi connectivity index (χ2n) is 8.08. The van der Waals surface area contributed by atoms with Gasteiger partial charge in [-0.05, 0) is 67.4 Å². The maximum atomic E-state index is 12.9. The number of halogens is 2. The zero-order chi connectivity index (χ0) is 25.3. The number of benzene rings is 3. The van der Waals surface area contributed by atoms with E-state index in [2.05, 4.69) is 5.32 Å². The van der Waals surface area contributed by atoms with Crippen LogP contribution in [0.5, 0.6) is 0 Å². The van der Waals surface area contributed by atoms with Crippen molar-refractivity contribution >= 4 is 52.6 Å². The Morgan fingerprint density at radius 1 is 0.943 bits per heavy atom. The predicted octanol–water partition coefficient (Wildman–Crippen LogP) is 5.28. The monoisotopic (exact) mass is 510 g/mol. The van der Waals surface area contributed by atoms with Crippen molar-refractivity contribution in [1.82, 2.24) is 4.90 Å². The van der Waals surface area contributed by atoms with E-state index >= 15 is 0 Å². The van der Waals surface area contributed by atoms with E-state index in [-0.39, 0.29) is 23.2 Å². The molecule has 1 aliphatic rings. The smallest absolute Gasteiger partial charge is 0.338 e. The summed E-state index contributed by atoms with van der Waals surface area (Å²) in [4.78, 5) is 51.8. The van der Waals surface area contributed by atoms with E-state index in [9.17, 15) is 19.2 Å². The van der Waals surface area contributed by atoms with Crippen molar-refractivity contribution in [3.8, 4) is 0 Å². The summed E-state index contributed by atoms with van der Waals surface area (Å²) in [6.07, 6.45) is -1.12. The number of hydrogen-bond acceptors (Lipinski definition) is 5. The number of nitrogens with one attached hydrogen (secondary N) is 1. The fraction of sp³-hybridized carbons (Fsp3) is 0.154. The second kappa shape index (κ2) is 9.90. The van der Waals surface area contributed by atoms with Crippen molar-refractivity contribution in [1.29, 1.82) is 0 Å². The first kappa shape index (κ1) is 24.4. The van der Waals surface area contributed by atoms with Crippen LogP contribution in [0.4, 0.5) is 5.69 Å². The minimum Gasteiger partial charge on any atom is -0.449 e. The van der Waals surface area contributed by atoms with Crippen LogP contribution in [0.15, 0.2) is 60.7 Å². The molecule has 0 spiro atoms. The van der Waals surface area contributed by atoms with Crippen LogP contribution < -0.4 is 5.32 Å². The largest absolute Gasteiger partial charge is 0.449 e. The van der Waals surface area contributed by atoms with Gasteiger partial charge in [-0.25, -0.2) is 4.79 Å². The number of carbonyl (C=O) groups excluding carboxylic acids is 4. The topological polar surface area (TPSA) is 92.8 Å². The number of esters is 1. The molecule has 35 heavy (non-hydrogen) atoms. The van der Waals surface area contributed by atoms with Gasteiger partial charge >= 0.3 is 5.97 Å². The molecule has 1 heterocycles. The molecule has 0 fully saturated rings. The van der Waals surface area contributed by atoms with E-state index in [1.807, 2.05) is 6.92 Å². The number of imide groups is 1. The van der Waals surface area contributed by atoms with Crippen LogP contribution in [0.1, 0.15) is 49.1 Å². The third kappa shape index (κ3) is 5.21. The van der Waals surface area contributed by atoms with Gasteiger partial charge in [-0.1, -0.05) is 41.4 Å². The second-order valence-corrected chi connectivity index (χ2v) is 8.93. The van der Waals surface area contributed by atoms with Crippen molar-refractivity contribution in [2.75, 3.05) is 5.32 Å². The number of nitrogens with zero attached hydrogens (tertiary/aromatic N) is 1. The third-order valence-corrected chi connectivity index (χ3v) is 6.21. The molecular weight excluding hydrogens is 491 g/mol. The van der Waals surface area contributed by atoms with E-state index in [0.29, 0.717) is 15.7 Å². The standard InChI is InChI=1S/C26H20Cl2N2O5/c1-14-3-9-19(12-22(14)28)29-23(31)15(2)35-26(34)17-6-10-20-21(11-17)25(33)30(24(20)32)13-16-4-7-18(27)8-5-16/h3-12,15H,13H2,1-2H3,(H,29,31). The molecule has 0 bridgehead atoms. The number of aryl methyl sites for hydroxylation is 1. The molecule has 1 unspecified atom stereocenters. The number of amides is 3. The molecule has 1 N–H and O–H groups in total. The van der Waals surface area contributed by atoms with Gasteiger partial charge in [-0.15, -0.1) is 0 Å². The van der Waals surface area contributed by atoms with Crippen molar-refractivity contribution in [2.45, 2.75) is 26.5 Å². The highest BCUT2D eigenvalue weighted by molar-refractivity contribution is 6.31. The maximum absolute atomic E-state index is 12.9. The lowest BCUT2D eigenvalue weighted by atomic mass is 10.1. The zero-order valence-electron chi connectivity index (χ0n) is 18.8. The van der Waals surface area contributed by atoms with E-state index < -0.39 is 29.8 Å². The Kier molecular flexibility index (Phi) is 6.91. The maximum Gasteiger partial charge on any atom is 0.338 e. The molecule has 0 aliphatic carbocycles. The van der Waals surface area contributed by atoms with Gasteiger partial charge in [0.15, 0.2) is 6.10 Å². The Hall–Kier alpha value is -3.68. The van der Waals surface area contributed by atoms with Crippen molar-refractivity contribution in [2.24, 2.45) is 0 Å². The van der Waals surface area contributed by atoms with Crippen LogP contribution in [0.3, 0.4) is 0 Å². The van der Waals surface area contributed by atoms with Gasteiger partial charge in [0, 0.05) is 15.7 Å². The average molecular weight is 511 g/mol. The number of hydrogen-bond donors (Lipinski definition) is 1. The van der Waals surface area contributed by atoms with Crippen molar-refractivity contribution in [3.63, 3.8) is 0 Å². The minimum absolute atomic E-state index is 0.0521. The molecule has 3 amide bonds. The molecule has 1 atom stereocenters. The molecule has 3 aromatic carbocycles. The molecular formula is C26H20Cl2N2O5. The van der Waals surface area contributed by atoms with E-state index in [0.717, 1.165) is 16.0 Å². The first-order chi connectivity index (χ1) is 16.6. The predicted molar refractivity (Wildman–Crippen MR) is 132 cm³/mol. The summed E-state index contributed by atoms with van der Waals surface area (Å²) in [5, 5.41) is 3.68. The van der Waals surface area contributed by atoms with Crippen LogP contribution in [-0.4, -0.2) is 34.7 Å². The summed E-state index contributed by atoms with van der Waals surface area (Å²) in [6.45, 7) is 3.34. The lowest BCUT2D eigenvalue weighted by molar-refractivity contribution is -0.123. The lowest BCUT2D eigenvalue weighted by Gasteiger charge is -2.14. The van der Waals surface area contributed by atoms with Crippen LogP contribution in [-0.2, 0) is 16.1 Å². The minimum atomic E-state index is -1.12. The van der Waals surface area contributed by atoms with Gasteiger partial charge in [-0.2, -0.15) is 0 Å². The van der Waals surface area contributed by atoms with Crippen LogP contribution in [0, 0.1) is 6.92 Å². The molecule has 9 heteroatoms. The molecule has 178 valence electrons. The first-order valence-electron chi connectivity index (χ1n) is 10.7. The summed E-state index contributed by atoms with van der Waals surface area (Å²) >= 11 is 12.0. The molecule has 3 aromatic rings. The summed E-state index contributed by atoms with van der Waals surface area (Å²) in [7, 11) is 0. The Bertz CT molecular complexity index is 1350. The van der Waals surface area contributed by atoms with Crippen LogP contribution in [0.25, 0.3) is 0 Å². The van der Waals surface area contributed by atoms with E-state index in [4.69, 9.17) is 27.9 Å². The Morgan fingerprint density at radius 3 is 2.31 bits per heavy atom. The number of anilines is 1. The van der Waals surface area contributed by atoms with Gasteiger partial charge in [-0.3, -0.25) is 19.3 Å². The Labute approximate surface area is 211 Å². The molecule has 0 aromatic heterocycles. The van der Waals surface area contributed by atoms with Gasteiger partial charge in [0.2, 0.25) is 0 Å². The van der Waals surface area contributed by atoms with Gasteiger partial charge < -0.3 is 10.1 Å². The first-order valence-corrected chi connectivity index (χ1v) is 11.4. The summed E-state index contributed by atoms with van der Waals surface area (Å²) in [6, 6.07) is 16.0. The number of rotatable bonds is 6. The van der Waals surface area contributed by atoms with E-state index in [1.54, 1.807) is 42.5 Å². The number of carbonyl (C=O) groups is 4. The zero-order valence-corrected chi connectivity index (χ0v) is 20.3. The number of fused-ring (bicyclic) bond motifs is 1. The molecule has 4 rings (SSSR count). The van der Waals surface area contributed by atoms with Gasteiger partial charge in [0.05, 0.1) is 23.2 Å². The molecule has 1 aliphatic heterocycles. The fourth-order valence-electron chi connectivity index (χ4n) is 3.53. The highest BCUT2D eigenvalue weighted by Gasteiger charge is 2.36. The van der Waals surface area contributed by atoms with Crippen LogP contribution in [0.2, 0.25) is 10.0 Å². The SMILES string of the molecule is Cc1ccc(NC(=O)C(C)OC(=O)c2ccc3c(c2)C(=O)N(Cc2ccc(Cl)cc2)C3=O)cc1Cl. The third-order valence-electron chi connectivity index (χ3n) is 5.55. The number of ether oxygens (including phenoxy) is 1. The highest BCUT2D eigenvalue weighted by atomic mass is 35.5. The van der Waals surface area contributed by atoms with Crippen LogP contribution >= 0.6 is 23.2 Å². The molecule has 0 radical (unpaired) electrons. The normalized spacial score (nSPS) is 13.4.